The highest BCUT2D eigenvalue weighted by molar-refractivity contribution is 5.99. The molecule has 0 aliphatic heterocycles. The summed E-state index contributed by atoms with van der Waals surface area (Å²) >= 11 is 0. The molecule has 0 aliphatic rings. The Morgan fingerprint density at radius 2 is 0.632 bits per heavy atom. The number of rotatable bonds is 32. The number of aromatic nitrogens is 17. The first-order chi connectivity index (χ1) is 65.1. The van der Waals surface area contributed by atoms with Crippen LogP contribution in [0.1, 0.15) is 85.1 Å². The first kappa shape index (κ1) is 89.4. The van der Waals surface area contributed by atoms with E-state index >= 15 is 0 Å². The summed E-state index contributed by atoms with van der Waals surface area (Å²) in [4.78, 5) is 31.2. The number of pyridine rings is 4. The molecule has 0 unspecified atom stereocenters. The van der Waals surface area contributed by atoms with Crippen LogP contribution in [0.15, 0.2) is 316 Å². The van der Waals surface area contributed by atoms with Crippen molar-refractivity contribution in [3.8, 4) is 23.5 Å². The van der Waals surface area contributed by atoms with Crippen molar-refractivity contribution in [2.24, 2.45) is 0 Å². The molecular formula is C102H91F6N21O4. The van der Waals surface area contributed by atoms with Crippen molar-refractivity contribution in [1.82, 2.24) is 105 Å². The standard InChI is InChI=1S/C26H22F3N5O.C26H25N5O.C25H21F3N6O.C25H23N5O/c27-26(28,29)23-16-34-24(32-23)21-11-4-5-12-22(21)25(33-34)35-17-20-10-6-9-19(31-20)15-30-14-13-18-7-2-1-3-8-18;1-19-28-17-25-23-12-5-6-13-24(23)26(30-31(19)25)32-18-22-11-7-10-21(29-22)16-27-15-14-20-8-3-2-4-9-20;26-25(27,28)24-32-31-22-20-11-4-5-12-21(20)23(33-34(22)24)35-16-19-10-6-9-18(30-19)15-29-14-13-17-7-2-1-3-8-17;1-2-7-19(8-3-1)13-14-26-17-20-9-6-10-21(28-20)18-31-25-23-12-5-4-11-22(23)24-27-15-16-30(24)29-25/h1-12,16,30H,13-15,17H2;2-13,17,27H,14-16,18H2,1H3;1-12,29H,13-16H2;1-12,15-16,26H,13-14,17-18H2. The number of hydrogen-bond acceptors (Lipinski definition) is 21. The summed E-state index contributed by atoms with van der Waals surface area (Å²) in [6, 6.07) is 94.7. The Morgan fingerprint density at radius 3 is 1.02 bits per heavy atom. The molecule has 0 bridgehead atoms. The fraction of sp³-hybridized carbons (Fsp3) is 0.186. The number of imidazole rings is 3. The van der Waals surface area contributed by atoms with Crippen molar-refractivity contribution >= 4 is 65.5 Å². The average molecular weight is 1790 g/mol. The third kappa shape index (κ3) is 23.2. The lowest BCUT2D eigenvalue weighted by molar-refractivity contribution is -0.146. The number of halogens is 6. The topological polar surface area (TPSA) is 270 Å². The average Bonchev–Trinajstić information content (AvgIpc) is 1.56. The first-order valence-electron chi connectivity index (χ1n) is 43.4. The van der Waals surface area contributed by atoms with Gasteiger partial charge in [-0.15, -0.1) is 30.6 Å². The number of hydrogen-bond donors (Lipinski definition) is 4. The molecule has 133 heavy (non-hydrogen) atoms. The molecule has 31 heteroatoms. The summed E-state index contributed by atoms with van der Waals surface area (Å²) in [6.45, 7) is 8.93. The molecule has 670 valence electrons. The lowest BCUT2D eigenvalue weighted by atomic mass is 10.1. The normalized spacial score (nSPS) is 11.6. The molecule has 0 saturated heterocycles. The van der Waals surface area contributed by atoms with Gasteiger partial charge in [-0.25, -0.2) is 28.5 Å². The second-order valence-electron chi connectivity index (χ2n) is 31.1. The largest absolute Gasteiger partial charge is 0.470 e. The fourth-order valence-corrected chi connectivity index (χ4v) is 15.1. The highest BCUT2D eigenvalue weighted by atomic mass is 19.4. The Bertz CT molecular complexity index is 7230. The number of benzene rings is 8. The van der Waals surface area contributed by atoms with Gasteiger partial charge in [0.15, 0.2) is 22.6 Å². The van der Waals surface area contributed by atoms with Gasteiger partial charge in [-0.2, -0.15) is 30.9 Å². The van der Waals surface area contributed by atoms with Crippen molar-refractivity contribution in [2.45, 2.75) is 97.6 Å². The minimum absolute atomic E-state index is 0.0157. The lowest BCUT2D eigenvalue weighted by Crippen LogP contribution is -2.18. The molecular weight excluding hydrogens is 1700 g/mol. The van der Waals surface area contributed by atoms with Gasteiger partial charge in [-0.1, -0.05) is 218 Å². The Labute approximate surface area is 760 Å². The number of aryl methyl sites for hydroxylation is 1. The van der Waals surface area contributed by atoms with Crippen LogP contribution in [0.3, 0.4) is 0 Å². The molecule has 12 heterocycles. The third-order valence-corrected chi connectivity index (χ3v) is 21.7. The summed E-state index contributed by atoms with van der Waals surface area (Å²) in [7, 11) is 0. The van der Waals surface area contributed by atoms with Gasteiger partial charge in [0.25, 0.3) is 5.82 Å². The number of nitrogens with zero attached hydrogens (tertiary/aromatic N) is 17. The molecule has 20 rings (SSSR count). The zero-order chi connectivity index (χ0) is 91.1. The number of ether oxygens (including phenoxy) is 4. The number of nitrogens with one attached hydrogen (secondary N) is 4. The van der Waals surface area contributed by atoms with Gasteiger partial charge in [0, 0.05) is 81.7 Å². The quantitative estimate of drug-likeness (QED) is 0.0225. The molecule has 20 aromatic rings. The SMILES string of the molecule is Cc1ncc2c3ccccc3c(OCc3cccc(CNCCc4ccccc4)n3)nn12.FC(F)(F)c1cn2nc(OCc3cccc(CNCCc4ccccc4)n3)c3ccccc3c2n1.FC(F)(F)c1nnc2c3ccccc3c(OCc3cccc(CNCCc4ccccc4)n3)nn12.c1ccc(CCNCc2cccc(COc3nn4ccnc4c4ccccc34)n2)cc1. The van der Waals surface area contributed by atoms with Crippen molar-refractivity contribution < 1.29 is 45.3 Å². The van der Waals surface area contributed by atoms with Gasteiger partial charge in [0.2, 0.25) is 23.5 Å². The van der Waals surface area contributed by atoms with Crippen LogP contribution < -0.4 is 40.2 Å². The Balaban J connectivity index is 0.000000124. The van der Waals surface area contributed by atoms with Gasteiger partial charge in [-0.3, -0.25) is 19.9 Å². The zero-order valence-corrected chi connectivity index (χ0v) is 72.3. The van der Waals surface area contributed by atoms with Crippen LogP contribution in [0, 0.1) is 6.92 Å². The fourth-order valence-electron chi connectivity index (χ4n) is 15.1. The van der Waals surface area contributed by atoms with Crippen LogP contribution in [0.25, 0.3) is 65.5 Å². The number of alkyl halides is 6. The second-order valence-corrected chi connectivity index (χ2v) is 31.1. The van der Waals surface area contributed by atoms with Crippen LogP contribution in [-0.2, 0) is 90.6 Å². The second kappa shape index (κ2) is 42.8. The Kier molecular flexibility index (Phi) is 28.8. The van der Waals surface area contributed by atoms with Crippen LogP contribution >= 0.6 is 0 Å². The summed E-state index contributed by atoms with van der Waals surface area (Å²) in [5.74, 6) is 1.05. The van der Waals surface area contributed by atoms with Crippen LogP contribution in [-0.4, -0.2) is 110 Å². The maximum absolute atomic E-state index is 13.4. The Morgan fingerprint density at radius 1 is 0.301 bits per heavy atom. The van der Waals surface area contributed by atoms with E-state index in [2.05, 4.69) is 156 Å². The lowest BCUT2D eigenvalue weighted by Gasteiger charge is -2.11. The predicted molar refractivity (Wildman–Crippen MR) is 496 cm³/mol. The zero-order valence-electron chi connectivity index (χ0n) is 72.3. The summed E-state index contributed by atoms with van der Waals surface area (Å²) in [6.07, 6.45) is 0.868. The first-order valence-corrected chi connectivity index (χ1v) is 43.4. The molecule has 0 saturated carbocycles. The summed E-state index contributed by atoms with van der Waals surface area (Å²) < 4.78 is 109. The van der Waals surface area contributed by atoms with Crippen molar-refractivity contribution in [2.75, 3.05) is 26.2 Å². The summed E-state index contributed by atoms with van der Waals surface area (Å²) in [5, 5.41) is 44.4. The minimum Gasteiger partial charge on any atom is -0.470 e. The van der Waals surface area contributed by atoms with E-state index in [1.54, 1.807) is 65.3 Å². The van der Waals surface area contributed by atoms with Crippen LogP contribution in [0.5, 0.6) is 23.5 Å². The van der Waals surface area contributed by atoms with E-state index < -0.39 is 23.9 Å². The molecule has 12 aromatic heterocycles. The highest BCUT2D eigenvalue weighted by Gasteiger charge is 2.39. The molecule has 0 aliphatic carbocycles. The molecule has 0 radical (unpaired) electrons. The van der Waals surface area contributed by atoms with Gasteiger partial charge in [-0.05, 0) is 154 Å². The van der Waals surface area contributed by atoms with E-state index in [-0.39, 0.29) is 36.3 Å². The predicted octanol–water partition coefficient (Wildman–Crippen LogP) is 18.5. The smallest absolute Gasteiger partial charge is 0.453 e. The molecule has 25 nitrogen and oxygen atoms in total. The van der Waals surface area contributed by atoms with Crippen molar-refractivity contribution in [3.63, 3.8) is 0 Å². The van der Waals surface area contributed by atoms with Gasteiger partial charge in [0.1, 0.15) is 32.3 Å². The molecule has 0 atom stereocenters. The molecule has 0 amide bonds. The molecule has 0 spiro atoms. The van der Waals surface area contributed by atoms with E-state index in [4.69, 9.17) is 28.9 Å². The Hall–Kier alpha value is -15.6. The summed E-state index contributed by atoms with van der Waals surface area (Å²) in [5.41, 5.74) is 12.9. The number of fused-ring (bicyclic) bond motifs is 12. The van der Waals surface area contributed by atoms with Crippen molar-refractivity contribution in [1.29, 1.82) is 0 Å². The van der Waals surface area contributed by atoms with E-state index in [0.29, 0.717) is 75.5 Å². The molecule has 8 aromatic carbocycles. The van der Waals surface area contributed by atoms with Crippen LogP contribution in [0.4, 0.5) is 26.3 Å². The van der Waals surface area contributed by atoms with Crippen molar-refractivity contribution in [3.05, 3.63) is 401 Å². The van der Waals surface area contributed by atoms with E-state index in [1.807, 2.05) is 182 Å². The van der Waals surface area contributed by atoms with Gasteiger partial charge >= 0.3 is 12.4 Å². The van der Waals surface area contributed by atoms with Gasteiger partial charge < -0.3 is 40.2 Å². The maximum Gasteiger partial charge on any atom is 0.453 e. The highest BCUT2D eigenvalue weighted by Crippen LogP contribution is 2.36. The third-order valence-electron chi connectivity index (χ3n) is 21.7. The monoisotopic (exact) mass is 1790 g/mol. The molecule has 4 N–H and O–H groups in total. The van der Waals surface area contributed by atoms with Crippen LogP contribution in [0.2, 0.25) is 0 Å². The van der Waals surface area contributed by atoms with E-state index in [1.165, 1.54) is 22.3 Å². The maximum atomic E-state index is 13.4. The minimum atomic E-state index is -4.70. The van der Waals surface area contributed by atoms with Gasteiger partial charge in [0.05, 0.1) is 63.5 Å². The molecule has 0 fully saturated rings. The van der Waals surface area contributed by atoms with E-state index in [0.717, 1.165) is 148 Å². The van der Waals surface area contributed by atoms with E-state index in [9.17, 15) is 26.3 Å².